The van der Waals surface area contributed by atoms with Gasteiger partial charge in [0.15, 0.2) is 0 Å². The first-order chi connectivity index (χ1) is 13.9. The number of anilines is 1. The van der Waals surface area contributed by atoms with E-state index in [0.717, 1.165) is 11.3 Å². The molecule has 2 aromatic heterocycles. The lowest BCUT2D eigenvalue weighted by atomic mass is 9.96. The van der Waals surface area contributed by atoms with Gasteiger partial charge in [-0.2, -0.15) is 0 Å². The summed E-state index contributed by atoms with van der Waals surface area (Å²) in [7, 11) is -3.85. The van der Waals surface area contributed by atoms with Crippen LogP contribution in [0.5, 0.6) is 0 Å². The molecule has 30 heavy (non-hydrogen) atoms. The summed E-state index contributed by atoms with van der Waals surface area (Å²) in [6.45, 7) is 11.2. The molecule has 0 unspecified atom stereocenters. The van der Waals surface area contributed by atoms with Gasteiger partial charge in [-0.25, -0.2) is 8.42 Å². The Morgan fingerprint density at radius 1 is 1.07 bits per heavy atom. The fourth-order valence-corrected chi connectivity index (χ4v) is 4.87. The molecule has 0 aliphatic heterocycles. The highest BCUT2D eigenvalue weighted by Gasteiger charge is 2.32. The molecule has 6 nitrogen and oxygen atoms in total. The van der Waals surface area contributed by atoms with Crippen LogP contribution < -0.4 is 5.32 Å². The summed E-state index contributed by atoms with van der Waals surface area (Å²) < 4.78 is 34.5. The first kappa shape index (κ1) is 21.9. The van der Waals surface area contributed by atoms with E-state index < -0.39 is 15.3 Å². The Morgan fingerprint density at radius 3 is 2.23 bits per heavy atom. The Hall–Kier alpha value is -2.80. The lowest BCUT2D eigenvalue weighted by Crippen LogP contribution is -2.29. The maximum Gasteiger partial charge on any atom is 0.230 e. The monoisotopic (exact) mass is 428 g/mol. The van der Waals surface area contributed by atoms with E-state index in [4.69, 9.17) is 4.42 Å². The topological polar surface area (TPSA) is 81.3 Å². The van der Waals surface area contributed by atoms with Crippen molar-refractivity contribution < 1.29 is 17.6 Å². The third-order valence-electron chi connectivity index (χ3n) is 5.18. The fraction of sp³-hybridized carbons (Fsp3) is 0.348. The van der Waals surface area contributed by atoms with Crippen LogP contribution in [0.3, 0.4) is 0 Å². The third kappa shape index (κ3) is 4.07. The molecular formula is C23H28N2O4S. The van der Waals surface area contributed by atoms with Crippen LogP contribution in [0.2, 0.25) is 0 Å². The number of aryl methyl sites for hydroxylation is 1. The second kappa shape index (κ2) is 7.80. The summed E-state index contributed by atoms with van der Waals surface area (Å²) in [6.07, 6.45) is 1.57. The zero-order chi connectivity index (χ0) is 22.3. The lowest BCUT2D eigenvalue weighted by Gasteiger charge is -2.20. The van der Waals surface area contributed by atoms with Crippen molar-refractivity contribution in [2.45, 2.75) is 57.9 Å². The number of aromatic nitrogens is 1. The van der Waals surface area contributed by atoms with Gasteiger partial charge in [0.2, 0.25) is 15.7 Å². The minimum atomic E-state index is -3.85. The number of sulfone groups is 1. The molecule has 3 rings (SSSR count). The summed E-state index contributed by atoms with van der Waals surface area (Å²) in [5.74, 6) is 0.668. The van der Waals surface area contributed by atoms with E-state index in [1.807, 2.05) is 19.9 Å². The average molecular weight is 429 g/mol. The lowest BCUT2D eigenvalue weighted by molar-refractivity contribution is -0.123. The molecule has 1 aromatic carbocycles. The number of nitrogens with zero attached hydrogens (tertiary/aromatic N) is 1. The zero-order valence-corrected chi connectivity index (χ0v) is 19.1. The van der Waals surface area contributed by atoms with Crippen LogP contribution in [0.1, 0.15) is 43.4 Å². The number of amides is 1. The van der Waals surface area contributed by atoms with Gasteiger partial charge in [0, 0.05) is 11.1 Å². The van der Waals surface area contributed by atoms with Gasteiger partial charge in [-0.15, -0.1) is 0 Å². The molecule has 0 atom stereocenters. The van der Waals surface area contributed by atoms with Crippen molar-refractivity contribution in [3.63, 3.8) is 0 Å². The summed E-state index contributed by atoms with van der Waals surface area (Å²) in [4.78, 5) is 13.1. The molecule has 0 radical (unpaired) electrons. The van der Waals surface area contributed by atoms with Gasteiger partial charge in [0.1, 0.15) is 16.5 Å². The standard InChI is InChI=1S/C23H28N2O4S/c1-15-9-11-19(12-10-15)30(27,28)20-16(2)17(3)25(14-18-8-7-13-29-18)21(20)24-22(26)23(4,5)6/h7-13H,14H2,1-6H3,(H,24,26). The molecule has 0 aliphatic rings. The van der Waals surface area contributed by atoms with Gasteiger partial charge in [-0.3, -0.25) is 4.79 Å². The molecule has 160 valence electrons. The molecule has 2 heterocycles. The first-order valence-corrected chi connectivity index (χ1v) is 11.3. The van der Waals surface area contributed by atoms with Gasteiger partial charge in [-0.05, 0) is 50.6 Å². The molecule has 7 heteroatoms. The van der Waals surface area contributed by atoms with Crippen LogP contribution in [0, 0.1) is 26.2 Å². The highest BCUT2D eigenvalue weighted by atomic mass is 32.2. The van der Waals surface area contributed by atoms with Crippen LogP contribution >= 0.6 is 0 Å². The largest absolute Gasteiger partial charge is 0.467 e. The number of carbonyl (C=O) groups excluding carboxylic acids is 1. The molecule has 0 saturated carbocycles. The molecule has 0 saturated heterocycles. The Bertz CT molecular complexity index is 1160. The van der Waals surface area contributed by atoms with Crippen molar-refractivity contribution in [2.24, 2.45) is 5.41 Å². The predicted molar refractivity (Wildman–Crippen MR) is 116 cm³/mol. The maximum absolute atomic E-state index is 13.6. The number of furan rings is 1. The van der Waals surface area contributed by atoms with E-state index in [0.29, 0.717) is 17.9 Å². The van der Waals surface area contributed by atoms with Crippen molar-refractivity contribution in [1.29, 1.82) is 0 Å². The van der Waals surface area contributed by atoms with E-state index in [-0.39, 0.29) is 21.5 Å². The van der Waals surface area contributed by atoms with E-state index in [1.165, 1.54) is 0 Å². The van der Waals surface area contributed by atoms with Crippen molar-refractivity contribution in [2.75, 3.05) is 5.32 Å². The first-order valence-electron chi connectivity index (χ1n) is 9.78. The highest BCUT2D eigenvalue weighted by molar-refractivity contribution is 7.91. The fourth-order valence-electron chi connectivity index (χ4n) is 3.17. The van der Waals surface area contributed by atoms with Gasteiger partial charge < -0.3 is 14.3 Å². The normalized spacial score (nSPS) is 12.2. The molecule has 0 aliphatic carbocycles. The van der Waals surface area contributed by atoms with Crippen molar-refractivity contribution in [1.82, 2.24) is 4.57 Å². The quantitative estimate of drug-likeness (QED) is 0.628. The molecule has 0 spiro atoms. The average Bonchev–Trinajstić information content (AvgIpc) is 3.24. The number of hydrogen-bond acceptors (Lipinski definition) is 4. The van der Waals surface area contributed by atoms with Crippen LogP contribution in [0.4, 0.5) is 5.82 Å². The Kier molecular flexibility index (Phi) is 5.69. The van der Waals surface area contributed by atoms with E-state index in [9.17, 15) is 13.2 Å². The van der Waals surface area contributed by atoms with Gasteiger partial charge in [0.25, 0.3) is 0 Å². The number of carbonyl (C=O) groups is 1. The van der Waals surface area contributed by atoms with Crippen molar-refractivity contribution >= 4 is 21.6 Å². The van der Waals surface area contributed by atoms with Gasteiger partial charge in [-0.1, -0.05) is 38.5 Å². The SMILES string of the molecule is Cc1ccc(S(=O)(=O)c2c(C)c(C)n(Cc3ccco3)c2NC(=O)C(C)(C)C)cc1. The Balaban J connectivity index is 2.23. The minimum absolute atomic E-state index is 0.119. The number of hydrogen-bond donors (Lipinski definition) is 1. The molecule has 1 amide bonds. The smallest absolute Gasteiger partial charge is 0.230 e. The van der Waals surface area contributed by atoms with Gasteiger partial charge >= 0.3 is 0 Å². The number of rotatable bonds is 5. The van der Waals surface area contributed by atoms with Crippen molar-refractivity contribution in [3.8, 4) is 0 Å². The van der Waals surface area contributed by atoms with Crippen LogP contribution in [0.25, 0.3) is 0 Å². The minimum Gasteiger partial charge on any atom is -0.467 e. The van der Waals surface area contributed by atoms with E-state index in [2.05, 4.69) is 5.32 Å². The van der Waals surface area contributed by atoms with E-state index in [1.54, 1.807) is 68.9 Å². The second-order valence-electron chi connectivity index (χ2n) is 8.57. The van der Waals surface area contributed by atoms with E-state index >= 15 is 0 Å². The summed E-state index contributed by atoms with van der Waals surface area (Å²) in [5.41, 5.74) is 1.64. The molecule has 0 fully saturated rings. The van der Waals surface area contributed by atoms with Crippen LogP contribution in [0.15, 0.2) is 56.9 Å². The molecule has 0 bridgehead atoms. The number of benzene rings is 1. The van der Waals surface area contributed by atoms with Crippen molar-refractivity contribution in [3.05, 3.63) is 65.2 Å². The Labute approximate surface area is 177 Å². The molecule has 3 aromatic rings. The molecular weight excluding hydrogens is 400 g/mol. The highest BCUT2D eigenvalue weighted by Crippen LogP contribution is 2.36. The maximum atomic E-state index is 13.6. The Morgan fingerprint density at radius 2 is 1.70 bits per heavy atom. The van der Waals surface area contributed by atoms with Crippen LogP contribution in [-0.2, 0) is 21.2 Å². The number of nitrogens with one attached hydrogen (secondary N) is 1. The third-order valence-corrected chi connectivity index (χ3v) is 7.11. The summed E-state index contributed by atoms with van der Waals surface area (Å²) >= 11 is 0. The molecule has 1 N–H and O–H groups in total. The predicted octanol–water partition coefficient (Wildman–Crippen LogP) is 4.87. The van der Waals surface area contributed by atoms with Crippen LogP contribution in [-0.4, -0.2) is 18.9 Å². The summed E-state index contributed by atoms with van der Waals surface area (Å²) in [6, 6.07) is 10.3. The second-order valence-corrected chi connectivity index (χ2v) is 10.5. The van der Waals surface area contributed by atoms with Gasteiger partial charge in [0.05, 0.1) is 17.7 Å². The zero-order valence-electron chi connectivity index (χ0n) is 18.2. The summed E-state index contributed by atoms with van der Waals surface area (Å²) in [5, 5.41) is 2.88.